The highest BCUT2D eigenvalue weighted by molar-refractivity contribution is 5.94. The molecule has 4 rings (SSSR count). The molecule has 8 nitrogen and oxygen atoms in total. The van der Waals surface area contributed by atoms with Crippen LogP contribution in [0.25, 0.3) is 11.3 Å². The van der Waals surface area contributed by atoms with Gasteiger partial charge in [0.25, 0.3) is 11.5 Å². The van der Waals surface area contributed by atoms with Gasteiger partial charge in [0.15, 0.2) is 0 Å². The third kappa shape index (κ3) is 3.67. The lowest BCUT2D eigenvalue weighted by Gasteiger charge is -2.13. The highest BCUT2D eigenvalue weighted by atomic mass is 16.5. The van der Waals surface area contributed by atoms with Crippen molar-refractivity contribution in [2.75, 3.05) is 13.7 Å². The van der Waals surface area contributed by atoms with E-state index in [1.54, 1.807) is 13.2 Å². The molecule has 0 saturated heterocycles. The number of rotatable bonds is 5. The number of methoxy groups -OCH3 is 1. The van der Waals surface area contributed by atoms with Gasteiger partial charge in [-0.2, -0.15) is 5.10 Å². The molecule has 0 atom stereocenters. The minimum absolute atomic E-state index is 0.0721. The van der Waals surface area contributed by atoms with Crippen LogP contribution in [-0.4, -0.2) is 34.3 Å². The monoisotopic (exact) mass is 379 g/mol. The van der Waals surface area contributed by atoms with E-state index in [0.29, 0.717) is 5.69 Å². The molecule has 1 amide bonds. The number of carbonyl (C=O) groups excluding carboxylic acids is 1. The Bertz CT molecular complexity index is 1030. The number of aromatic nitrogens is 3. The number of hydrogen-bond acceptors (Lipinski definition) is 5. The lowest BCUT2D eigenvalue weighted by molar-refractivity contribution is 0.0949. The summed E-state index contributed by atoms with van der Waals surface area (Å²) < 4.78 is 7.07. The number of hydrogen-bond donors (Lipinski definition) is 3. The summed E-state index contributed by atoms with van der Waals surface area (Å²) in [7, 11) is 1.60. The first-order chi connectivity index (χ1) is 13.6. The molecule has 0 radical (unpaired) electrons. The number of H-pyrrole nitrogens is 1. The quantitative estimate of drug-likeness (QED) is 0.620. The number of amides is 1. The van der Waals surface area contributed by atoms with Crippen LogP contribution in [0.2, 0.25) is 0 Å². The van der Waals surface area contributed by atoms with E-state index in [1.165, 1.54) is 6.07 Å². The standard InChI is InChI=1S/C20H21N5O3/c1-28-16-4-2-13(3-5-16)18-7-6-17(20(27)23-18)19(26)22-11-14-10-15-12-21-8-9-25(15)24-14/h2-7,10,21H,8-9,11-12H2,1H3,(H,22,26)(H,23,27). The maximum Gasteiger partial charge on any atom is 0.261 e. The molecule has 0 aliphatic carbocycles. The molecule has 1 aromatic carbocycles. The second-order valence-corrected chi connectivity index (χ2v) is 6.55. The molecule has 3 N–H and O–H groups in total. The Morgan fingerprint density at radius 1 is 1.25 bits per heavy atom. The minimum atomic E-state index is -0.431. The van der Waals surface area contributed by atoms with E-state index in [1.807, 2.05) is 35.0 Å². The summed E-state index contributed by atoms with van der Waals surface area (Å²) in [4.78, 5) is 27.6. The minimum Gasteiger partial charge on any atom is -0.497 e. The maximum absolute atomic E-state index is 12.4. The van der Waals surface area contributed by atoms with Crippen molar-refractivity contribution in [3.8, 4) is 17.0 Å². The predicted molar refractivity (Wildman–Crippen MR) is 104 cm³/mol. The van der Waals surface area contributed by atoms with E-state index in [4.69, 9.17) is 4.74 Å². The topological polar surface area (TPSA) is 101 Å². The van der Waals surface area contributed by atoms with Gasteiger partial charge in [0, 0.05) is 18.8 Å². The van der Waals surface area contributed by atoms with Crippen LogP contribution in [0.15, 0.2) is 47.3 Å². The molecule has 8 heteroatoms. The summed E-state index contributed by atoms with van der Waals surface area (Å²) in [6.45, 7) is 2.75. The number of nitrogens with one attached hydrogen (secondary N) is 3. The summed E-state index contributed by atoms with van der Waals surface area (Å²) in [5.41, 5.74) is 2.98. The zero-order chi connectivity index (χ0) is 19.5. The van der Waals surface area contributed by atoms with Crippen LogP contribution in [0.1, 0.15) is 21.7 Å². The van der Waals surface area contributed by atoms with Gasteiger partial charge in [-0.1, -0.05) is 0 Å². The molecule has 2 aromatic heterocycles. The summed E-state index contributed by atoms with van der Waals surface area (Å²) in [6.07, 6.45) is 0. The van der Waals surface area contributed by atoms with Crippen molar-refractivity contribution in [3.63, 3.8) is 0 Å². The van der Waals surface area contributed by atoms with Crippen molar-refractivity contribution in [1.82, 2.24) is 25.4 Å². The van der Waals surface area contributed by atoms with Gasteiger partial charge in [-0.05, 0) is 48.0 Å². The van der Waals surface area contributed by atoms with Crippen molar-refractivity contribution in [3.05, 3.63) is 69.8 Å². The molecule has 3 heterocycles. The number of aromatic amines is 1. The molecule has 0 spiro atoms. The number of benzene rings is 1. The third-order valence-corrected chi connectivity index (χ3v) is 4.71. The first kappa shape index (κ1) is 18.0. The highest BCUT2D eigenvalue weighted by Gasteiger charge is 2.14. The Labute approximate surface area is 161 Å². The van der Waals surface area contributed by atoms with Crippen LogP contribution in [0.4, 0.5) is 0 Å². The summed E-state index contributed by atoms with van der Waals surface area (Å²) in [6, 6.07) is 12.5. The number of carbonyl (C=O) groups is 1. The maximum atomic E-state index is 12.4. The van der Waals surface area contributed by atoms with Gasteiger partial charge in [-0.15, -0.1) is 0 Å². The van der Waals surface area contributed by atoms with Crippen LogP contribution >= 0.6 is 0 Å². The molecule has 3 aromatic rings. The number of ether oxygens (including phenoxy) is 1. The van der Waals surface area contributed by atoms with E-state index in [0.717, 1.165) is 42.3 Å². The summed E-state index contributed by atoms with van der Waals surface area (Å²) >= 11 is 0. The number of fused-ring (bicyclic) bond motifs is 1. The van der Waals surface area contributed by atoms with Gasteiger partial charge < -0.3 is 20.4 Å². The molecule has 0 unspecified atom stereocenters. The van der Waals surface area contributed by atoms with Crippen LogP contribution in [-0.2, 0) is 19.6 Å². The first-order valence-corrected chi connectivity index (χ1v) is 9.06. The molecule has 0 fully saturated rings. The van der Waals surface area contributed by atoms with Crippen LogP contribution < -0.4 is 20.9 Å². The van der Waals surface area contributed by atoms with Gasteiger partial charge in [0.05, 0.1) is 31.6 Å². The Morgan fingerprint density at radius 3 is 2.79 bits per heavy atom. The average molecular weight is 379 g/mol. The molecule has 1 aliphatic heterocycles. The molecule has 0 saturated carbocycles. The fraction of sp³-hybridized carbons (Fsp3) is 0.250. The van der Waals surface area contributed by atoms with Crippen LogP contribution in [0.5, 0.6) is 5.75 Å². The molecule has 0 bridgehead atoms. The lowest BCUT2D eigenvalue weighted by atomic mass is 10.1. The number of nitrogens with zero attached hydrogens (tertiary/aromatic N) is 2. The molecule has 28 heavy (non-hydrogen) atoms. The fourth-order valence-corrected chi connectivity index (χ4v) is 3.20. The Morgan fingerprint density at radius 2 is 2.07 bits per heavy atom. The van der Waals surface area contributed by atoms with Crippen LogP contribution in [0.3, 0.4) is 0 Å². The normalized spacial score (nSPS) is 13.0. The average Bonchev–Trinajstić information content (AvgIpc) is 3.15. The predicted octanol–water partition coefficient (Wildman–Crippen LogP) is 1.28. The smallest absolute Gasteiger partial charge is 0.261 e. The van der Waals surface area contributed by atoms with Gasteiger partial charge in [0.1, 0.15) is 11.3 Å². The molecular weight excluding hydrogens is 358 g/mol. The van der Waals surface area contributed by atoms with E-state index in [9.17, 15) is 9.59 Å². The first-order valence-electron chi connectivity index (χ1n) is 9.06. The fourth-order valence-electron chi connectivity index (χ4n) is 3.20. The van der Waals surface area contributed by atoms with Crippen molar-refractivity contribution >= 4 is 5.91 Å². The van der Waals surface area contributed by atoms with E-state index < -0.39 is 11.5 Å². The Balaban J connectivity index is 1.45. The summed E-state index contributed by atoms with van der Waals surface area (Å²) in [5, 5.41) is 10.5. The second kappa shape index (κ2) is 7.69. The van der Waals surface area contributed by atoms with E-state index >= 15 is 0 Å². The highest BCUT2D eigenvalue weighted by Crippen LogP contribution is 2.19. The zero-order valence-corrected chi connectivity index (χ0v) is 15.5. The van der Waals surface area contributed by atoms with Crippen molar-refractivity contribution in [1.29, 1.82) is 0 Å². The molecule has 144 valence electrons. The SMILES string of the molecule is COc1ccc(-c2ccc(C(=O)NCc3cc4n(n3)CCNC4)c(=O)[nH]2)cc1. The van der Waals surface area contributed by atoms with Gasteiger partial charge >= 0.3 is 0 Å². The third-order valence-electron chi connectivity index (χ3n) is 4.71. The second-order valence-electron chi connectivity index (χ2n) is 6.55. The van der Waals surface area contributed by atoms with Gasteiger partial charge in [-0.25, -0.2) is 0 Å². The Kier molecular flexibility index (Phi) is 4.94. The van der Waals surface area contributed by atoms with Gasteiger partial charge in [-0.3, -0.25) is 14.3 Å². The lowest BCUT2D eigenvalue weighted by Crippen LogP contribution is -2.29. The van der Waals surface area contributed by atoms with Crippen molar-refractivity contribution < 1.29 is 9.53 Å². The zero-order valence-electron chi connectivity index (χ0n) is 15.5. The van der Waals surface area contributed by atoms with E-state index in [2.05, 4.69) is 20.7 Å². The molecular formula is C20H21N5O3. The van der Waals surface area contributed by atoms with Crippen LogP contribution in [0, 0.1) is 0 Å². The van der Waals surface area contributed by atoms with E-state index in [-0.39, 0.29) is 12.1 Å². The number of pyridine rings is 1. The molecule has 1 aliphatic rings. The van der Waals surface area contributed by atoms with Crippen molar-refractivity contribution in [2.24, 2.45) is 0 Å². The summed E-state index contributed by atoms with van der Waals surface area (Å²) in [5.74, 6) is 0.311. The van der Waals surface area contributed by atoms with Crippen molar-refractivity contribution in [2.45, 2.75) is 19.6 Å². The van der Waals surface area contributed by atoms with Gasteiger partial charge in [0.2, 0.25) is 0 Å². The Hall–Kier alpha value is -3.39. The largest absolute Gasteiger partial charge is 0.497 e.